The fraction of sp³-hybridized carbons (Fsp3) is 0.578. The summed E-state index contributed by atoms with van der Waals surface area (Å²) in [5.41, 5.74) is 5.32. The molecule has 5 aliphatic rings. The number of nitrogens with one attached hydrogen (secondary N) is 1. The second-order valence-corrected chi connectivity index (χ2v) is 19.6. The van der Waals surface area contributed by atoms with E-state index in [9.17, 15) is 14.7 Å². The van der Waals surface area contributed by atoms with Crippen LogP contribution in [0.4, 0.5) is 0 Å². The molecular weight excluding hydrogens is 649 g/mol. The highest BCUT2D eigenvalue weighted by molar-refractivity contribution is 7.18. The quantitative estimate of drug-likeness (QED) is 0.250. The summed E-state index contributed by atoms with van der Waals surface area (Å²) < 4.78 is 1.17. The number of amides is 1. The third-order valence-corrected chi connectivity index (χ3v) is 17.3. The molecule has 0 aliphatic heterocycles. The molecule has 9 unspecified atom stereocenters. The lowest BCUT2D eigenvalue weighted by molar-refractivity contribution is -0.225. The molecule has 270 valence electrons. The van der Waals surface area contributed by atoms with E-state index in [1.807, 2.05) is 18.2 Å². The Morgan fingerprint density at radius 2 is 1.65 bits per heavy atom. The van der Waals surface area contributed by atoms with Gasteiger partial charge in [-0.2, -0.15) is 0 Å². The maximum atomic E-state index is 14.6. The van der Waals surface area contributed by atoms with Crippen LogP contribution >= 0.6 is 11.3 Å². The zero-order valence-electron chi connectivity index (χ0n) is 31.5. The molecule has 1 heterocycles. The summed E-state index contributed by atoms with van der Waals surface area (Å²) in [5.74, 6) is 1.76. The van der Waals surface area contributed by atoms with Gasteiger partial charge in [0.1, 0.15) is 5.01 Å². The van der Waals surface area contributed by atoms with Crippen molar-refractivity contribution in [3.8, 4) is 0 Å². The third-order valence-electron chi connectivity index (χ3n) is 16.3. The molecular formula is C45H56N2O3S. The molecule has 5 aliphatic carbocycles. The molecule has 9 atom stereocenters. The monoisotopic (exact) mass is 704 g/mol. The highest BCUT2D eigenvalue weighted by Crippen LogP contribution is 2.77. The third kappa shape index (κ3) is 4.93. The molecule has 0 bridgehead atoms. The van der Waals surface area contributed by atoms with Gasteiger partial charge in [0, 0.05) is 0 Å². The van der Waals surface area contributed by atoms with Crippen LogP contribution in [0, 0.1) is 56.7 Å². The largest absolute Gasteiger partial charge is 0.478 e. The smallest absolute Gasteiger partial charge is 0.335 e. The van der Waals surface area contributed by atoms with Gasteiger partial charge in [-0.05, 0) is 151 Å². The Balaban J connectivity index is 1.09. The molecule has 0 saturated heterocycles. The van der Waals surface area contributed by atoms with Crippen LogP contribution in [0.5, 0.6) is 0 Å². The van der Waals surface area contributed by atoms with Crippen LogP contribution in [-0.2, 0) is 11.3 Å². The van der Waals surface area contributed by atoms with E-state index in [0.717, 1.165) is 48.2 Å². The van der Waals surface area contributed by atoms with Gasteiger partial charge in [0.2, 0.25) is 5.91 Å². The van der Waals surface area contributed by atoms with Crippen LogP contribution < -0.4 is 5.32 Å². The van der Waals surface area contributed by atoms with E-state index in [0.29, 0.717) is 41.7 Å². The molecule has 4 saturated carbocycles. The normalized spacial score (nSPS) is 38.1. The number of aromatic carboxylic acids is 1. The standard InChI is InChI=1S/C45H56N2O3S/c1-27(2)30-18-23-45(40(50)46-26-37-47-33-10-8-9-11-34(33)51-37)25-24-43(6)32(38(30)45)16-17-36-42(5)21-19-31(28-12-14-29(15-13-28)39(48)49)41(3,4)35(42)20-22-44(36,43)7/h8-15,19,30,32,35-36,38H,1,16-18,20-26H2,2-7H3,(H,46,50)(H,48,49). The number of nitrogens with zero attached hydrogens (tertiary/aromatic N) is 1. The predicted octanol–water partition coefficient (Wildman–Crippen LogP) is 11.0. The van der Waals surface area contributed by atoms with E-state index >= 15 is 0 Å². The van der Waals surface area contributed by atoms with E-state index in [4.69, 9.17) is 4.98 Å². The van der Waals surface area contributed by atoms with Crippen molar-refractivity contribution in [3.63, 3.8) is 0 Å². The van der Waals surface area contributed by atoms with Crippen molar-refractivity contribution in [2.45, 2.75) is 106 Å². The molecule has 3 aromatic rings. The summed E-state index contributed by atoms with van der Waals surface area (Å²) in [4.78, 5) is 31.0. The maximum absolute atomic E-state index is 14.6. The van der Waals surface area contributed by atoms with Crippen LogP contribution in [0.1, 0.15) is 120 Å². The fourth-order valence-corrected chi connectivity index (χ4v) is 14.7. The Hall–Kier alpha value is -3.25. The number of thiazole rings is 1. The number of rotatable bonds is 6. The van der Waals surface area contributed by atoms with Gasteiger partial charge in [-0.15, -0.1) is 11.3 Å². The van der Waals surface area contributed by atoms with Gasteiger partial charge in [-0.25, -0.2) is 9.78 Å². The predicted molar refractivity (Wildman–Crippen MR) is 207 cm³/mol. The topological polar surface area (TPSA) is 79.3 Å². The van der Waals surface area contributed by atoms with Crippen molar-refractivity contribution >= 4 is 39.0 Å². The number of aromatic nitrogens is 1. The SMILES string of the molecule is C=C(C)C1CCC2(C(=O)NCc3nc4ccccc4s3)CCC3(C)C(CCC4C5(C)CC=C(c6ccc(C(=O)O)cc6)C(C)(C)C5CCC43C)C12. The molecule has 2 aromatic carbocycles. The van der Waals surface area contributed by atoms with E-state index in [1.165, 1.54) is 41.5 Å². The van der Waals surface area contributed by atoms with Crippen molar-refractivity contribution < 1.29 is 14.7 Å². The lowest BCUT2D eigenvalue weighted by Gasteiger charge is -2.72. The van der Waals surface area contributed by atoms with Gasteiger partial charge in [0.05, 0.1) is 27.7 Å². The van der Waals surface area contributed by atoms with Gasteiger partial charge in [-0.3, -0.25) is 4.79 Å². The first kappa shape index (κ1) is 34.8. The summed E-state index contributed by atoms with van der Waals surface area (Å²) in [7, 11) is 0. The Kier molecular flexibility index (Phi) is 8.11. The number of carboxylic acid groups (broad SMARTS) is 1. The summed E-state index contributed by atoms with van der Waals surface area (Å²) in [6.07, 6.45) is 12.5. The number of hydrogen-bond acceptors (Lipinski definition) is 4. The van der Waals surface area contributed by atoms with Gasteiger partial charge < -0.3 is 10.4 Å². The first-order valence-corrected chi connectivity index (χ1v) is 20.3. The van der Waals surface area contributed by atoms with Gasteiger partial charge in [0.25, 0.3) is 0 Å². The van der Waals surface area contributed by atoms with E-state index in [-0.39, 0.29) is 33.0 Å². The van der Waals surface area contributed by atoms with Gasteiger partial charge >= 0.3 is 5.97 Å². The van der Waals surface area contributed by atoms with Crippen molar-refractivity contribution in [2.75, 3.05) is 0 Å². The number of hydrogen-bond donors (Lipinski definition) is 2. The van der Waals surface area contributed by atoms with E-state index in [2.05, 4.69) is 77.7 Å². The van der Waals surface area contributed by atoms with Crippen molar-refractivity contribution in [1.82, 2.24) is 10.3 Å². The summed E-state index contributed by atoms with van der Waals surface area (Å²) in [6, 6.07) is 15.8. The van der Waals surface area contributed by atoms with Crippen LogP contribution in [0.3, 0.4) is 0 Å². The molecule has 6 heteroatoms. The average molecular weight is 705 g/mol. The molecule has 0 spiro atoms. The minimum Gasteiger partial charge on any atom is -0.478 e. The number of carboxylic acids is 1. The second-order valence-electron chi connectivity index (χ2n) is 18.5. The maximum Gasteiger partial charge on any atom is 0.335 e. The minimum atomic E-state index is -0.876. The molecule has 51 heavy (non-hydrogen) atoms. The molecule has 8 rings (SSSR count). The van der Waals surface area contributed by atoms with Gasteiger partial charge in [0.15, 0.2) is 0 Å². The number of carbonyl (C=O) groups is 2. The van der Waals surface area contributed by atoms with Crippen molar-refractivity contribution in [2.24, 2.45) is 56.7 Å². The highest BCUT2D eigenvalue weighted by Gasteiger charge is 2.71. The van der Waals surface area contributed by atoms with E-state index in [1.54, 1.807) is 23.5 Å². The lowest BCUT2D eigenvalue weighted by Crippen LogP contribution is -2.66. The first-order chi connectivity index (χ1) is 24.2. The average Bonchev–Trinajstić information content (AvgIpc) is 3.70. The van der Waals surface area contributed by atoms with Crippen molar-refractivity contribution in [1.29, 1.82) is 0 Å². The molecule has 0 radical (unpaired) electrons. The Morgan fingerprint density at radius 1 is 0.902 bits per heavy atom. The van der Waals surface area contributed by atoms with Crippen LogP contribution in [0.2, 0.25) is 0 Å². The van der Waals surface area contributed by atoms with Crippen molar-refractivity contribution in [3.05, 3.63) is 82.9 Å². The minimum absolute atomic E-state index is 0.0175. The molecule has 1 aromatic heterocycles. The number of carbonyl (C=O) groups excluding carboxylic acids is 1. The lowest BCUT2D eigenvalue weighted by atomic mass is 9.32. The molecule has 2 N–H and O–H groups in total. The van der Waals surface area contributed by atoms with Crippen LogP contribution in [0.25, 0.3) is 15.8 Å². The summed E-state index contributed by atoms with van der Waals surface area (Å²) in [6.45, 7) is 20.1. The number of para-hydroxylation sites is 1. The number of benzene rings is 2. The zero-order chi connectivity index (χ0) is 36.1. The number of fused-ring (bicyclic) bond motifs is 8. The number of allylic oxidation sites excluding steroid dienone is 3. The summed E-state index contributed by atoms with van der Waals surface area (Å²) in [5, 5.41) is 13.9. The highest BCUT2D eigenvalue weighted by atomic mass is 32.1. The molecule has 5 nitrogen and oxygen atoms in total. The van der Waals surface area contributed by atoms with Crippen LogP contribution in [-0.4, -0.2) is 22.0 Å². The second kappa shape index (κ2) is 11.9. The Bertz CT molecular complexity index is 1910. The zero-order valence-corrected chi connectivity index (χ0v) is 32.3. The fourth-order valence-electron chi connectivity index (χ4n) is 13.8. The van der Waals surface area contributed by atoms with Crippen LogP contribution in [0.15, 0.2) is 66.8 Å². The first-order valence-electron chi connectivity index (χ1n) is 19.5. The molecule has 4 fully saturated rings. The van der Waals surface area contributed by atoms with E-state index < -0.39 is 5.97 Å². The van der Waals surface area contributed by atoms with Gasteiger partial charge in [-0.1, -0.05) is 77.1 Å². The summed E-state index contributed by atoms with van der Waals surface area (Å²) >= 11 is 1.69. The molecule has 1 amide bonds. The Morgan fingerprint density at radius 3 is 2.35 bits per heavy atom. The Labute approximate surface area is 308 Å².